The first-order valence-corrected chi connectivity index (χ1v) is 8.79. The molecule has 0 amide bonds. The highest BCUT2D eigenvalue weighted by molar-refractivity contribution is 6.30. The van der Waals surface area contributed by atoms with Crippen molar-refractivity contribution in [1.29, 1.82) is 0 Å². The zero-order valence-electron chi connectivity index (χ0n) is 15.3. The SMILES string of the molecule is COC(=O)c1ccccc1Nc1ncnc(NCc2ccc(Cl)cc2)c1[N+](=O)[O-]. The highest BCUT2D eigenvalue weighted by atomic mass is 35.5. The topological polar surface area (TPSA) is 119 Å². The molecule has 0 bridgehead atoms. The van der Waals surface area contributed by atoms with Crippen LogP contribution in [0.3, 0.4) is 0 Å². The smallest absolute Gasteiger partial charge is 0.353 e. The van der Waals surface area contributed by atoms with Crippen LogP contribution in [0.25, 0.3) is 0 Å². The minimum Gasteiger partial charge on any atom is -0.465 e. The lowest BCUT2D eigenvalue weighted by molar-refractivity contribution is -0.383. The maximum atomic E-state index is 11.9. The number of aromatic nitrogens is 2. The summed E-state index contributed by atoms with van der Waals surface area (Å²) in [5.74, 6) is -0.594. The Hall–Kier alpha value is -3.72. The Morgan fingerprint density at radius 1 is 1.14 bits per heavy atom. The molecule has 0 spiro atoms. The van der Waals surface area contributed by atoms with E-state index in [-0.39, 0.29) is 22.9 Å². The Morgan fingerprint density at radius 3 is 2.52 bits per heavy atom. The molecular weight excluding hydrogens is 398 g/mol. The second kappa shape index (κ2) is 8.98. The van der Waals surface area contributed by atoms with Crippen LogP contribution < -0.4 is 10.6 Å². The third-order valence-electron chi connectivity index (χ3n) is 3.96. The number of rotatable bonds is 7. The van der Waals surface area contributed by atoms with Crippen molar-refractivity contribution in [3.8, 4) is 0 Å². The van der Waals surface area contributed by atoms with Gasteiger partial charge in [0.15, 0.2) is 0 Å². The number of carbonyl (C=O) groups excluding carboxylic acids is 1. The summed E-state index contributed by atoms with van der Waals surface area (Å²) in [5, 5.41) is 18.1. The Kier molecular flexibility index (Phi) is 6.20. The largest absolute Gasteiger partial charge is 0.465 e. The van der Waals surface area contributed by atoms with Crippen LogP contribution in [-0.2, 0) is 11.3 Å². The maximum absolute atomic E-state index is 11.9. The number of nitrogens with one attached hydrogen (secondary N) is 2. The van der Waals surface area contributed by atoms with Gasteiger partial charge in [0.2, 0.25) is 11.6 Å². The van der Waals surface area contributed by atoms with Gasteiger partial charge >= 0.3 is 11.7 Å². The number of ether oxygens (including phenoxy) is 1. The highest BCUT2D eigenvalue weighted by Gasteiger charge is 2.24. The number of carbonyl (C=O) groups is 1. The molecule has 0 aliphatic carbocycles. The molecule has 2 aromatic carbocycles. The van der Waals surface area contributed by atoms with Crippen molar-refractivity contribution in [3.63, 3.8) is 0 Å². The quantitative estimate of drug-likeness (QED) is 0.336. The van der Waals surface area contributed by atoms with E-state index in [4.69, 9.17) is 16.3 Å². The van der Waals surface area contributed by atoms with Crippen molar-refractivity contribution in [2.75, 3.05) is 17.7 Å². The van der Waals surface area contributed by atoms with Gasteiger partial charge in [0.1, 0.15) is 6.33 Å². The molecule has 148 valence electrons. The van der Waals surface area contributed by atoms with Gasteiger partial charge in [0.05, 0.1) is 23.3 Å². The van der Waals surface area contributed by atoms with Crippen molar-refractivity contribution in [2.45, 2.75) is 6.54 Å². The molecule has 3 aromatic rings. The van der Waals surface area contributed by atoms with Crippen LogP contribution in [0.2, 0.25) is 5.02 Å². The molecule has 2 N–H and O–H groups in total. The van der Waals surface area contributed by atoms with E-state index in [1.54, 1.807) is 48.5 Å². The molecule has 9 nitrogen and oxygen atoms in total. The number of esters is 1. The summed E-state index contributed by atoms with van der Waals surface area (Å²) >= 11 is 5.87. The molecular formula is C19H16ClN5O4. The van der Waals surface area contributed by atoms with Gasteiger partial charge < -0.3 is 15.4 Å². The summed E-state index contributed by atoms with van der Waals surface area (Å²) in [5.41, 5.74) is 1.07. The third kappa shape index (κ3) is 4.77. The molecule has 0 saturated carbocycles. The normalized spacial score (nSPS) is 10.3. The molecule has 0 fully saturated rings. The number of hydrogen-bond donors (Lipinski definition) is 2. The number of nitro groups is 1. The molecule has 29 heavy (non-hydrogen) atoms. The Morgan fingerprint density at radius 2 is 1.83 bits per heavy atom. The van der Waals surface area contributed by atoms with Gasteiger partial charge in [0, 0.05) is 11.6 Å². The van der Waals surface area contributed by atoms with Crippen LogP contribution in [0.5, 0.6) is 0 Å². The molecule has 0 atom stereocenters. The lowest BCUT2D eigenvalue weighted by Gasteiger charge is -2.12. The predicted molar refractivity (Wildman–Crippen MR) is 109 cm³/mol. The second-order valence-electron chi connectivity index (χ2n) is 5.82. The first-order valence-electron chi connectivity index (χ1n) is 8.41. The summed E-state index contributed by atoms with van der Waals surface area (Å²) in [4.78, 5) is 31.0. The standard InChI is InChI=1S/C19H16ClN5O4/c1-29-19(26)14-4-2-3-5-15(14)24-18-16(25(27)28)17(22-11-23-18)21-10-12-6-8-13(20)9-7-12/h2-9,11H,10H2,1H3,(H2,21,22,23,24). The number of hydrogen-bond acceptors (Lipinski definition) is 8. The molecule has 3 rings (SSSR count). The van der Waals surface area contributed by atoms with Gasteiger partial charge in [-0.05, 0) is 29.8 Å². The molecule has 0 aliphatic heterocycles. The van der Waals surface area contributed by atoms with Crippen LogP contribution >= 0.6 is 11.6 Å². The van der Waals surface area contributed by atoms with Crippen LogP contribution in [0.15, 0.2) is 54.9 Å². The summed E-state index contributed by atoms with van der Waals surface area (Å²) in [6.07, 6.45) is 1.19. The number of anilines is 3. The van der Waals surface area contributed by atoms with Crippen molar-refractivity contribution in [2.24, 2.45) is 0 Å². The van der Waals surface area contributed by atoms with Gasteiger partial charge in [-0.3, -0.25) is 10.1 Å². The van der Waals surface area contributed by atoms with E-state index < -0.39 is 10.9 Å². The minimum absolute atomic E-state index is 0.0398. The number of benzene rings is 2. The third-order valence-corrected chi connectivity index (χ3v) is 4.22. The average Bonchev–Trinajstić information content (AvgIpc) is 2.73. The lowest BCUT2D eigenvalue weighted by atomic mass is 10.2. The van der Waals surface area contributed by atoms with E-state index in [2.05, 4.69) is 20.6 Å². The van der Waals surface area contributed by atoms with Gasteiger partial charge in [-0.15, -0.1) is 0 Å². The van der Waals surface area contributed by atoms with E-state index in [0.29, 0.717) is 17.3 Å². The molecule has 0 radical (unpaired) electrons. The summed E-state index contributed by atoms with van der Waals surface area (Å²) < 4.78 is 4.74. The van der Waals surface area contributed by atoms with Gasteiger partial charge in [-0.1, -0.05) is 35.9 Å². The first-order chi connectivity index (χ1) is 14.0. The monoisotopic (exact) mass is 413 g/mol. The van der Waals surface area contributed by atoms with Crippen LogP contribution in [0.4, 0.5) is 23.0 Å². The second-order valence-corrected chi connectivity index (χ2v) is 6.26. The van der Waals surface area contributed by atoms with E-state index in [1.807, 2.05) is 0 Å². The average molecular weight is 414 g/mol. The van der Waals surface area contributed by atoms with Crippen LogP contribution in [-0.4, -0.2) is 28.0 Å². The van der Waals surface area contributed by atoms with Gasteiger partial charge in [-0.25, -0.2) is 14.8 Å². The number of halogens is 1. The first kappa shape index (κ1) is 20.0. The zero-order chi connectivity index (χ0) is 20.8. The highest BCUT2D eigenvalue weighted by Crippen LogP contribution is 2.32. The number of nitrogens with zero attached hydrogens (tertiary/aromatic N) is 3. The minimum atomic E-state index is -0.590. The fourth-order valence-corrected chi connectivity index (χ4v) is 2.69. The van der Waals surface area contributed by atoms with Crippen molar-refractivity contribution in [3.05, 3.63) is 81.1 Å². The predicted octanol–water partition coefficient (Wildman–Crippen LogP) is 4.18. The zero-order valence-corrected chi connectivity index (χ0v) is 16.0. The molecule has 0 aliphatic rings. The molecule has 1 heterocycles. The van der Waals surface area contributed by atoms with Gasteiger partial charge in [0.25, 0.3) is 0 Å². The fraction of sp³-hybridized carbons (Fsp3) is 0.105. The maximum Gasteiger partial charge on any atom is 0.353 e. The van der Waals surface area contributed by atoms with E-state index in [9.17, 15) is 14.9 Å². The van der Waals surface area contributed by atoms with E-state index in [1.165, 1.54) is 13.4 Å². The summed E-state index contributed by atoms with van der Waals surface area (Å²) in [6, 6.07) is 13.5. The van der Waals surface area contributed by atoms with Crippen molar-refractivity contribution >= 4 is 40.6 Å². The molecule has 0 saturated heterocycles. The lowest BCUT2D eigenvalue weighted by Crippen LogP contribution is -2.10. The van der Waals surface area contributed by atoms with Crippen molar-refractivity contribution < 1.29 is 14.5 Å². The number of para-hydroxylation sites is 1. The van der Waals surface area contributed by atoms with Crippen molar-refractivity contribution in [1.82, 2.24) is 9.97 Å². The Labute approximate surface area is 170 Å². The Balaban J connectivity index is 1.90. The summed E-state index contributed by atoms with van der Waals surface area (Å²) in [6.45, 7) is 0.299. The van der Waals surface area contributed by atoms with Crippen LogP contribution in [0, 0.1) is 10.1 Å². The van der Waals surface area contributed by atoms with Gasteiger partial charge in [-0.2, -0.15) is 0 Å². The fourth-order valence-electron chi connectivity index (χ4n) is 2.57. The Bertz CT molecular complexity index is 1040. The van der Waals surface area contributed by atoms with Crippen LogP contribution in [0.1, 0.15) is 15.9 Å². The number of methoxy groups -OCH3 is 1. The molecule has 10 heteroatoms. The summed E-state index contributed by atoms with van der Waals surface area (Å²) in [7, 11) is 1.25. The van der Waals surface area contributed by atoms with E-state index in [0.717, 1.165) is 5.56 Å². The van der Waals surface area contributed by atoms with E-state index >= 15 is 0 Å². The molecule has 1 aromatic heterocycles. The molecule has 0 unspecified atom stereocenters.